The van der Waals surface area contributed by atoms with Crippen molar-refractivity contribution in [1.82, 2.24) is 30.8 Å². The zero-order valence-corrected chi connectivity index (χ0v) is 38.9. The third kappa shape index (κ3) is 10.9. The van der Waals surface area contributed by atoms with Gasteiger partial charge in [-0.15, -0.1) is 0 Å². The highest BCUT2D eigenvalue weighted by atomic mass is 16.5. The Labute approximate surface area is 382 Å². The average molecular weight is 887 g/mol. The van der Waals surface area contributed by atoms with E-state index >= 15 is 0 Å². The first-order chi connectivity index (χ1) is 31.4. The van der Waals surface area contributed by atoms with Crippen LogP contribution in [0.1, 0.15) is 135 Å². The van der Waals surface area contributed by atoms with Gasteiger partial charge in [0.15, 0.2) is 0 Å². The van der Waals surface area contributed by atoms with E-state index in [2.05, 4.69) is 73.2 Å². The average Bonchev–Trinajstić information content (AvgIpc) is 3.64. The molecule has 2 aromatic carbocycles. The van der Waals surface area contributed by atoms with Gasteiger partial charge in [0.25, 0.3) is 5.56 Å². The maximum atomic E-state index is 14.3. The molecule has 13 heteroatoms. The number of fused-ring (bicyclic) bond motifs is 4. The summed E-state index contributed by atoms with van der Waals surface area (Å²) in [5, 5.41) is 12.4. The minimum atomic E-state index is -0.497. The molecule has 3 aliphatic rings. The van der Waals surface area contributed by atoms with E-state index in [4.69, 9.17) is 14.5 Å². The zero-order chi connectivity index (χ0) is 46.2. The number of ether oxygens (including phenoxy) is 2. The number of hydrogen-bond acceptors (Lipinski definition) is 8. The minimum Gasteiger partial charge on any atom is -0.380 e. The predicted octanol–water partition coefficient (Wildman–Crippen LogP) is 6.73. The molecule has 4 unspecified atom stereocenters. The van der Waals surface area contributed by atoms with Crippen LogP contribution in [-0.2, 0) is 54.6 Å². The number of amides is 4. The van der Waals surface area contributed by atoms with Crippen molar-refractivity contribution < 1.29 is 28.7 Å². The Kier molecular flexibility index (Phi) is 15.7. The molecular weight excluding hydrogens is 821 g/mol. The van der Waals surface area contributed by atoms with E-state index in [9.17, 15) is 24.0 Å². The van der Waals surface area contributed by atoms with Crippen molar-refractivity contribution in [2.75, 3.05) is 33.5 Å². The second-order valence-electron chi connectivity index (χ2n) is 18.4. The quantitative estimate of drug-likeness (QED) is 0.0337. The molecule has 3 heterocycles. The van der Waals surface area contributed by atoms with Crippen LogP contribution in [0.25, 0.3) is 22.3 Å². The number of benzene rings is 2. The van der Waals surface area contributed by atoms with Gasteiger partial charge < -0.3 is 35.3 Å². The molecule has 0 fully saturated rings. The molecule has 4 N–H and O–H groups in total. The van der Waals surface area contributed by atoms with Crippen molar-refractivity contribution >= 4 is 34.5 Å². The Morgan fingerprint density at radius 3 is 2.45 bits per heavy atom. The van der Waals surface area contributed by atoms with Crippen molar-refractivity contribution in [2.24, 2.45) is 5.92 Å². The topological polar surface area (TPSA) is 170 Å². The first-order valence-corrected chi connectivity index (χ1v) is 23.5. The molecule has 4 amide bonds. The summed E-state index contributed by atoms with van der Waals surface area (Å²) in [5.41, 5.74) is 11.5. The van der Waals surface area contributed by atoms with Gasteiger partial charge in [-0.3, -0.25) is 24.0 Å². The van der Waals surface area contributed by atoms with Crippen molar-refractivity contribution in [3.05, 3.63) is 109 Å². The van der Waals surface area contributed by atoms with Gasteiger partial charge in [0.1, 0.15) is 6.73 Å². The van der Waals surface area contributed by atoms with Crippen LogP contribution in [0, 0.1) is 12.8 Å². The van der Waals surface area contributed by atoms with Gasteiger partial charge in [0.2, 0.25) is 23.6 Å². The smallest absolute Gasteiger partial charge is 0.257 e. The lowest BCUT2D eigenvalue weighted by atomic mass is 9.75. The number of methoxy groups -OCH3 is 1. The number of unbranched alkanes of at least 4 members (excludes halogenated alkanes) is 1. The van der Waals surface area contributed by atoms with Crippen LogP contribution in [0.4, 0.5) is 0 Å². The first-order valence-electron chi connectivity index (χ1n) is 23.5. The van der Waals surface area contributed by atoms with Crippen molar-refractivity contribution in [1.29, 1.82) is 0 Å². The van der Waals surface area contributed by atoms with Crippen LogP contribution in [0.2, 0.25) is 0 Å². The van der Waals surface area contributed by atoms with Crippen molar-refractivity contribution in [3.8, 4) is 11.4 Å². The fraction of sp³-hybridized carbons (Fsp3) is 0.500. The highest BCUT2D eigenvalue weighted by molar-refractivity contribution is 5.94. The van der Waals surface area contributed by atoms with Crippen molar-refractivity contribution in [3.63, 3.8) is 0 Å². The van der Waals surface area contributed by atoms with Gasteiger partial charge >= 0.3 is 0 Å². The van der Waals surface area contributed by atoms with Crippen LogP contribution in [0.15, 0.2) is 59.4 Å². The highest BCUT2D eigenvalue weighted by Gasteiger charge is 2.36. The molecule has 1 aliphatic heterocycles. The van der Waals surface area contributed by atoms with Crippen LogP contribution < -0.4 is 26.8 Å². The van der Waals surface area contributed by atoms with Gasteiger partial charge in [-0.1, -0.05) is 76.6 Å². The van der Waals surface area contributed by atoms with Crippen molar-refractivity contribution in [2.45, 2.75) is 129 Å². The normalized spacial score (nSPS) is 16.7. The van der Waals surface area contributed by atoms with Crippen LogP contribution in [0.3, 0.4) is 0 Å². The van der Waals surface area contributed by atoms with E-state index in [0.717, 1.165) is 71.1 Å². The second-order valence-corrected chi connectivity index (χ2v) is 18.4. The van der Waals surface area contributed by atoms with E-state index in [1.807, 2.05) is 41.8 Å². The maximum Gasteiger partial charge on any atom is 0.257 e. The summed E-state index contributed by atoms with van der Waals surface area (Å²) < 4.78 is 13.7. The van der Waals surface area contributed by atoms with Gasteiger partial charge in [-0.2, -0.15) is 0 Å². The number of hydrogen-bond donors (Lipinski definition) is 4. The summed E-state index contributed by atoms with van der Waals surface area (Å²) >= 11 is 0. The Morgan fingerprint density at radius 2 is 1.74 bits per heavy atom. The number of pyridine rings is 2. The standard InChI is InChI=1S/C52H66N6O7/c1-7-8-17-45(59)54-26-48(62)53-21-20-46(60)56-37(22-34-13-10-9-11-14-34)23-47(61)55-30-65-28-36-18-19-38-33(5)39(32(4)31(2)3)24-43-50(38)49(36)41-27-58-44(51(41)57-43)25-40(35-15-12-16-35)42(29-64-6)52(58)63/h9-15,24-25,31-32,35-37H,7-8,16-23,26-30H2,1-6H3,(H,53,62)(H,54,59)(H,55,61)(H,56,60). The largest absolute Gasteiger partial charge is 0.380 e. The summed E-state index contributed by atoms with van der Waals surface area (Å²) in [4.78, 5) is 70.3. The summed E-state index contributed by atoms with van der Waals surface area (Å²) in [6, 6.07) is 13.6. The lowest BCUT2D eigenvalue weighted by Crippen LogP contribution is -2.42. The van der Waals surface area contributed by atoms with Gasteiger partial charge in [0, 0.05) is 67.3 Å². The van der Waals surface area contributed by atoms with Gasteiger partial charge in [-0.05, 0) is 96.4 Å². The number of carbonyl (C=O) groups excluding carboxylic acids is 4. The zero-order valence-electron chi connectivity index (χ0n) is 38.9. The summed E-state index contributed by atoms with van der Waals surface area (Å²) in [6.07, 6.45) is 9.42. The Balaban J connectivity index is 1.05. The number of aryl methyl sites for hydroxylation is 1. The molecule has 0 spiro atoms. The van der Waals surface area contributed by atoms with E-state index in [1.54, 1.807) is 7.11 Å². The lowest BCUT2D eigenvalue weighted by molar-refractivity contribution is -0.126. The highest BCUT2D eigenvalue weighted by Crippen LogP contribution is 2.47. The van der Waals surface area contributed by atoms with E-state index in [-0.39, 0.29) is 80.3 Å². The molecule has 0 radical (unpaired) electrons. The first kappa shape index (κ1) is 47.3. The monoisotopic (exact) mass is 886 g/mol. The number of rotatable bonds is 22. The van der Waals surface area contributed by atoms with Gasteiger partial charge in [0.05, 0.1) is 43.2 Å². The van der Waals surface area contributed by atoms with Crippen LogP contribution in [0.5, 0.6) is 0 Å². The number of nitrogens with one attached hydrogen (secondary N) is 4. The SMILES string of the molecule is CCCCC(=O)NCC(=O)NCCC(=O)NC(CC(=O)NCOCC1CCc2c(C)c(C(C)C(C)C)cc3nc4c(c1c23)Cn1c-4cc(C2C=CC2)c(COC)c1=O)Cc1ccccc1. The summed E-state index contributed by atoms with van der Waals surface area (Å²) in [5.74, 6) is -0.125. The van der Waals surface area contributed by atoms with Gasteiger partial charge in [-0.25, -0.2) is 4.98 Å². The molecule has 65 heavy (non-hydrogen) atoms. The van der Waals surface area contributed by atoms with E-state index in [0.29, 0.717) is 43.4 Å². The lowest BCUT2D eigenvalue weighted by Gasteiger charge is -2.31. The summed E-state index contributed by atoms with van der Waals surface area (Å²) in [7, 11) is 1.63. The van der Waals surface area contributed by atoms with E-state index < -0.39 is 6.04 Å². The number of nitrogens with zero attached hydrogens (tertiary/aromatic N) is 2. The molecule has 0 saturated carbocycles. The Bertz CT molecular complexity index is 2500. The van der Waals surface area contributed by atoms with E-state index in [1.165, 1.54) is 22.3 Å². The molecule has 2 aliphatic carbocycles. The molecule has 2 aromatic heterocycles. The molecule has 4 aromatic rings. The molecule has 346 valence electrons. The van der Waals surface area contributed by atoms with Crippen LogP contribution in [-0.4, -0.2) is 72.8 Å². The number of allylic oxidation sites excluding steroid dienone is 2. The summed E-state index contributed by atoms with van der Waals surface area (Å²) in [6.45, 7) is 12.0. The maximum absolute atomic E-state index is 14.3. The fourth-order valence-electron chi connectivity index (χ4n) is 9.62. The second kappa shape index (κ2) is 21.6. The molecule has 0 saturated heterocycles. The molecule has 0 bridgehead atoms. The number of carbonyl (C=O) groups is 4. The molecule has 13 nitrogen and oxygen atoms in total. The third-order valence-corrected chi connectivity index (χ3v) is 13.6. The third-order valence-electron chi connectivity index (χ3n) is 13.6. The number of aromatic nitrogens is 2. The predicted molar refractivity (Wildman–Crippen MR) is 253 cm³/mol. The van der Waals surface area contributed by atoms with Crippen LogP contribution >= 0.6 is 0 Å². The Morgan fingerprint density at radius 1 is 0.954 bits per heavy atom. The Hall–Kier alpha value is -5.66. The minimum absolute atomic E-state index is 0.00613. The molecule has 4 atom stereocenters. The molecular formula is C52H66N6O7. The molecule has 7 rings (SSSR count). The fourth-order valence-corrected chi connectivity index (χ4v) is 9.62.